The van der Waals surface area contributed by atoms with E-state index in [9.17, 15) is 4.79 Å². The van der Waals surface area contributed by atoms with Gasteiger partial charge in [0.15, 0.2) is 5.82 Å². The molecule has 1 aliphatic rings. The number of benzene rings is 1. The van der Waals surface area contributed by atoms with Gasteiger partial charge in [-0.2, -0.15) is 0 Å². The number of nitrogens with one attached hydrogen (secondary N) is 1. The van der Waals surface area contributed by atoms with Crippen LogP contribution in [-0.2, 0) is 19.5 Å². The van der Waals surface area contributed by atoms with E-state index in [4.69, 9.17) is 0 Å². The normalized spacial score (nSPS) is 13.0. The van der Waals surface area contributed by atoms with Gasteiger partial charge in [0.05, 0.1) is 6.54 Å². The first-order valence-corrected chi connectivity index (χ1v) is 7.11. The Bertz CT molecular complexity index is 645. The lowest BCUT2D eigenvalue weighted by molar-refractivity contribution is 0.0949. The van der Waals surface area contributed by atoms with Crippen molar-refractivity contribution in [3.63, 3.8) is 0 Å². The highest BCUT2D eigenvalue weighted by molar-refractivity contribution is 5.94. The van der Waals surface area contributed by atoms with Crippen molar-refractivity contribution < 1.29 is 4.79 Å². The third kappa shape index (κ3) is 2.74. The number of amides is 1. The number of hydrogen-bond acceptors (Lipinski definition) is 4. The van der Waals surface area contributed by atoms with Crippen molar-refractivity contribution in [2.75, 3.05) is 19.0 Å². The molecule has 0 radical (unpaired) electrons. The molecule has 0 aliphatic carbocycles. The third-order valence-electron chi connectivity index (χ3n) is 3.74. The molecule has 2 heterocycles. The number of aromatic nitrogens is 3. The van der Waals surface area contributed by atoms with E-state index >= 15 is 0 Å². The first kappa shape index (κ1) is 13.6. The Labute approximate surface area is 123 Å². The lowest BCUT2D eigenvalue weighted by Gasteiger charge is -2.12. The summed E-state index contributed by atoms with van der Waals surface area (Å²) >= 11 is 0. The predicted molar refractivity (Wildman–Crippen MR) is 80.3 cm³/mol. The van der Waals surface area contributed by atoms with Crippen molar-refractivity contribution in [3.05, 3.63) is 41.5 Å². The molecule has 1 aliphatic heterocycles. The third-order valence-corrected chi connectivity index (χ3v) is 3.74. The van der Waals surface area contributed by atoms with Gasteiger partial charge in [0.1, 0.15) is 5.82 Å². The average molecular weight is 285 g/mol. The van der Waals surface area contributed by atoms with Gasteiger partial charge in [-0.15, -0.1) is 10.2 Å². The number of anilines is 1. The van der Waals surface area contributed by atoms with E-state index < -0.39 is 0 Å². The second-order valence-corrected chi connectivity index (χ2v) is 5.41. The summed E-state index contributed by atoms with van der Waals surface area (Å²) in [5.41, 5.74) is 1.73. The van der Waals surface area contributed by atoms with Crippen molar-refractivity contribution in [2.24, 2.45) is 0 Å². The van der Waals surface area contributed by atoms with Gasteiger partial charge in [-0.1, -0.05) is 0 Å². The minimum absolute atomic E-state index is 0.0874. The fourth-order valence-corrected chi connectivity index (χ4v) is 2.51. The monoisotopic (exact) mass is 285 g/mol. The highest BCUT2D eigenvalue weighted by Crippen LogP contribution is 2.14. The van der Waals surface area contributed by atoms with Gasteiger partial charge < -0.3 is 14.8 Å². The highest BCUT2D eigenvalue weighted by Gasteiger charge is 2.17. The number of nitrogens with zero attached hydrogens (tertiary/aromatic N) is 4. The van der Waals surface area contributed by atoms with Gasteiger partial charge in [-0.3, -0.25) is 4.79 Å². The largest absolute Gasteiger partial charge is 0.378 e. The van der Waals surface area contributed by atoms with Crippen LogP contribution in [0.3, 0.4) is 0 Å². The van der Waals surface area contributed by atoms with E-state index in [1.807, 2.05) is 43.3 Å². The van der Waals surface area contributed by atoms with E-state index in [2.05, 4.69) is 20.1 Å². The molecule has 1 N–H and O–H groups in total. The number of hydrogen-bond donors (Lipinski definition) is 1. The van der Waals surface area contributed by atoms with Gasteiger partial charge in [-0.05, 0) is 30.7 Å². The van der Waals surface area contributed by atoms with Crippen LogP contribution in [0.4, 0.5) is 5.69 Å². The minimum atomic E-state index is -0.0874. The Kier molecular flexibility index (Phi) is 3.60. The maximum absolute atomic E-state index is 12.1. The summed E-state index contributed by atoms with van der Waals surface area (Å²) in [7, 11) is 3.95. The van der Waals surface area contributed by atoms with Gasteiger partial charge >= 0.3 is 0 Å². The Morgan fingerprint density at radius 1 is 1.29 bits per heavy atom. The Hall–Kier alpha value is -2.37. The second kappa shape index (κ2) is 5.55. The van der Waals surface area contributed by atoms with Gasteiger partial charge in [0.25, 0.3) is 5.91 Å². The van der Waals surface area contributed by atoms with Crippen LogP contribution in [0.2, 0.25) is 0 Å². The zero-order valence-electron chi connectivity index (χ0n) is 12.3. The number of carbonyl (C=O) groups is 1. The molecule has 21 heavy (non-hydrogen) atoms. The summed E-state index contributed by atoms with van der Waals surface area (Å²) in [6.07, 6.45) is 2.09. The molecule has 0 bridgehead atoms. The van der Waals surface area contributed by atoms with Crippen molar-refractivity contribution in [1.82, 2.24) is 20.1 Å². The maximum atomic E-state index is 12.1. The van der Waals surface area contributed by atoms with Crippen LogP contribution in [0, 0.1) is 0 Å². The van der Waals surface area contributed by atoms with E-state index in [-0.39, 0.29) is 5.91 Å². The first-order chi connectivity index (χ1) is 10.1. The van der Waals surface area contributed by atoms with Crippen molar-refractivity contribution in [3.8, 4) is 0 Å². The molecule has 6 heteroatoms. The molecule has 0 unspecified atom stereocenters. The van der Waals surface area contributed by atoms with Crippen molar-refractivity contribution in [1.29, 1.82) is 0 Å². The second-order valence-electron chi connectivity index (χ2n) is 5.41. The van der Waals surface area contributed by atoms with Gasteiger partial charge in [0, 0.05) is 38.3 Å². The SMILES string of the molecule is CN(C)c1ccc(C(=O)NCc2nnc3n2CCC3)cc1. The van der Waals surface area contributed by atoms with Gasteiger partial charge in [-0.25, -0.2) is 0 Å². The summed E-state index contributed by atoms with van der Waals surface area (Å²) in [6.45, 7) is 1.37. The molecule has 1 amide bonds. The van der Waals surface area contributed by atoms with Crippen LogP contribution in [0.25, 0.3) is 0 Å². The van der Waals surface area contributed by atoms with Crippen LogP contribution >= 0.6 is 0 Å². The number of fused-ring (bicyclic) bond motifs is 1. The molecule has 110 valence electrons. The lowest BCUT2D eigenvalue weighted by Crippen LogP contribution is -2.24. The van der Waals surface area contributed by atoms with Crippen LogP contribution in [0.15, 0.2) is 24.3 Å². The predicted octanol–water partition coefficient (Wildman–Crippen LogP) is 1.22. The highest BCUT2D eigenvalue weighted by atomic mass is 16.1. The molecule has 1 aromatic carbocycles. The van der Waals surface area contributed by atoms with Crippen LogP contribution in [0.5, 0.6) is 0 Å². The molecule has 0 fully saturated rings. The Balaban J connectivity index is 1.63. The molecule has 2 aromatic rings. The summed E-state index contributed by atoms with van der Waals surface area (Å²) < 4.78 is 2.09. The molecule has 6 nitrogen and oxygen atoms in total. The molecule has 0 saturated carbocycles. The molecule has 1 aromatic heterocycles. The number of carbonyl (C=O) groups excluding carboxylic acids is 1. The van der Waals surface area contributed by atoms with E-state index in [0.717, 1.165) is 36.7 Å². The summed E-state index contributed by atoms with van der Waals surface area (Å²) in [4.78, 5) is 14.1. The average Bonchev–Trinajstić information content (AvgIpc) is 3.08. The molecular weight excluding hydrogens is 266 g/mol. The Morgan fingerprint density at radius 2 is 2.05 bits per heavy atom. The zero-order chi connectivity index (χ0) is 14.8. The van der Waals surface area contributed by atoms with Crippen molar-refractivity contribution in [2.45, 2.75) is 25.9 Å². The molecule has 0 saturated heterocycles. The molecule has 0 atom stereocenters. The topological polar surface area (TPSA) is 63.1 Å². The number of rotatable bonds is 4. The summed E-state index contributed by atoms with van der Waals surface area (Å²) in [6, 6.07) is 7.53. The first-order valence-electron chi connectivity index (χ1n) is 7.11. The fraction of sp³-hybridized carbons (Fsp3) is 0.400. The van der Waals surface area contributed by atoms with E-state index in [1.165, 1.54) is 0 Å². The van der Waals surface area contributed by atoms with Crippen LogP contribution in [0.1, 0.15) is 28.4 Å². The Morgan fingerprint density at radius 3 is 2.76 bits per heavy atom. The van der Waals surface area contributed by atoms with E-state index in [1.54, 1.807) is 0 Å². The smallest absolute Gasteiger partial charge is 0.251 e. The quantitative estimate of drug-likeness (QED) is 0.917. The minimum Gasteiger partial charge on any atom is -0.378 e. The van der Waals surface area contributed by atoms with Gasteiger partial charge in [0.2, 0.25) is 0 Å². The molecule has 0 spiro atoms. The fourth-order valence-electron chi connectivity index (χ4n) is 2.51. The summed E-state index contributed by atoms with van der Waals surface area (Å²) in [5.74, 6) is 1.77. The summed E-state index contributed by atoms with van der Waals surface area (Å²) in [5, 5.41) is 11.2. The van der Waals surface area contributed by atoms with Crippen molar-refractivity contribution >= 4 is 11.6 Å². The maximum Gasteiger partial charge on any atom is 0.251 e. The molecular formula is C15H19N5O. The molecule has 3 rings (SSSR count). The standard InChI is InChI=1S/C15H19N5O/c1-19(2)12-7-5-11(6-8-12)15(21)16-10-14-18-17-13-4-3-9-20(13)14/h5-8H,3-4,9-10H2,1-2H3,(H,16,21). The van der Waals surface area contributed by atoms with Crippen LogP contribution in [-0.4, -0.2) is 34.8 Å². The lowest BCUT2D eigenvalue weighted by atomic mass is 10.2. The number of aryl methyl sites for hydroxylation is 1. The zero-order valence-corrected chi connectivity index (χ0v) is 12.3. The van der Waals surface area contributed by atoms with E-state index in [0.29, 0.717) is 12.1 Å². The van der Waals surface area contributed by atoms with Crippen LogP contribution < -0.4 is 10.2 Å².